The van der Waals surface area contributed by atoms with E-state index in [9.17, 15) is 8.78 Å². The summed E-state index contributed by atoms with van der Waals surface area (Å²) in [7, 11) is 0. The molecule has 0 saturated carbocycles. The zero-order valence-electron chi connectivity index (χ0n) is 16.4. The van der Waals surface area contributed by atoms with Crippen molar-refractivity contribution in [1.29, 1.82) is 0 Å². The van der Waals surface area contributed by atoms with Gasteiger partial charge in [-0.15, -0.1) is 5.10 Å². The molecule has 0 amide bonds. The minimum absolute atomic E-state index is 0.190. The summed E-state index contributed by atoms with van der Waals surface area (Å²) in [5, 5.41) is 13.8. The quantitative estimate of drug-likeness (QED) is 0.411. The molecular formula is C20H15F2N9O. The fraction of sp³-hybridized carbons (Fsp3) is 0.150. The van der Waals surface area contributed by atoms with Crippen LogP contribution in [0.3, 0.4) is 0 Å². The molecule has 32 heavy (non-hydrogen) atoms. The van der Waals surface area contributed by atoms with E-state index in [0.29, 0.717) is 28.4 Å². The molecule has 0 fully saturated rings. The van der Waals surface area contributed by atoms with Crippen molar-refractivity contribution in [2.45, 2.75) is 12.3 Å². The Morgan fingerprint density at radius 1 is 1.00 bits per heavy atom. The molecule has 1 N–H and O–H groups in total. The second-order valence-electron chi connectivity index (χ2n) is 6.79. The Kier molecular flexibility index (Phi) is 4.94. The van der Waals surface area contributed by atoms with Gasteiger partial charge in [0.1, 0.15) is 12.0 Å². The van der Waals surface area contributed by atoms with Crippen LogP contribution in [0.25, 0.3) is 16.8 Å². The third-order valence-electron chi connectivity index (χ3n) is 4.65. The largest absolute Gasteiger partial charge is 0.440 e. The Hall–Kier alpha value is -4.35. The van der Waals surface area contributed by atoms with Gasteiger partial charge in [0.2, 0.25) is 5.89 Å². The second-order valence-corrected chi connectivity index (χ2v) is 6.79. The highest BCUT2D eigenvalue weighted by molar-refractivity contribution is 5.84. The number of hydrogen-bond donors (Lipinski definition) is 1. The van der Waals surface area contributed by atoms with Crippen LogP contribution < -0.4 is 5.32 Å². The second kappa shape index (κ2) is 8.06. The highest BCUT2D eigenvalue weighted by Crippen LogP contribution is 2.28. The summed E-state index contributed by atoms with van der Waals surface area (Å²) in [6.07, 6.45) is 6.13. The molecule has 0 aliphatic rings. The zero-order valence-corrected chi connectivity index (χ0v) is 16.4. The Labute approximate surface area is 179 Å². The number of tetrazole rings is 1. The van der Waals surface area contributed by atoms with Crippen molar-refractivity contribution >= 4 is 16.9 Å². The van der Waals surface area contributed by atoms with Gasteiger partial charge >= 0.3 is 5.92 Å². The molecule has 0 unspecified atom stereocenters. The number of rotatable bonds is 7. The van der Waals surface area contributed by atoms with Gasteiger partial charge in [-0.1, -0.05) is 6.07 Å². The number of nitrogens with zero attached hydrogens (tertiary/aromatic N) is 8. The van der Waals surface area contributed by atoms with E-state index in [2.05, 4.69) is 40.8 Å². The van der Waals surface area contributed by atoms with Crippen LogP contribution >= 0.6 is 0 Å². The fourth-order valence-electron chi connectivity index (χ4n) is 3.16. The van der Waals surface area contributed by atoms with Crippen LogP contribution in [0.5, 0.6) is 0 Å². The molecule has 5 aromatic heterocycles. The number of halogens is 2. The predicted octanol–water partition coefficient (Wildman–Crippen LogP) is 2.78. The molecule has 5 rings (SSSR count). The normalized spacial score (nSPS) is 11.7. The summed E-state index contributed by atoms with van der Waals surface area (Å²) in [5.74, 6) is -2.65. The molecular weight excluding hydrogens is 420 g/mol. The average molecular weight is 435 g/mol. The van der Waals surface area contributed by atoms with E-state index in [0.717, 1.165) is 0 Å². The lowest BCUT2D eigenvalue weighted by Crippen LogP contribution is -2.26. The molecule has 0 saturated heterocycles. The minimum atomic E-state index is -3.19. The van der Waals surface area contributed by atoms with E-state index in [1.165, 1.54) is 35.5 Å². The Morgan fingerprint density at radius 3 is 2.72 bits per heavy atom. The van der Waals surface area contributed by atoms with Gasteiger partial charge in [0.15, 0.2) is 16.9 Å². The van der Waals surface area contributed by atoms with Crippen molar-refractivity contribution in [2.24, 2.45) is 0 Å². The maximum atomic E-state index is 14.5. The summed E-state index contributed by atoms with van der Waals surface area (Å²) >= 11 is 0. The Balaban J connectivity index is 1.40. The predicted molar refractivity (Wildman–Crippen MR) is 108 cm³/mol. The first-order valence-corrected chi connectivity index (χ1v) is 9.55. The number of hydrogen-bond acceptors (Lipinski definition) is 9. The van der Waals surface area contributed by atoms with Gasteiger partial charge in [-0.2, -0.15) is 13.5 Å². The summed E-state index contributed by atoms with van der Waals surface area (Å²) < 4.78 is 36.3. The number of anilines is 1. The maximum absolute atomic E-state index is 14.5. The van der Waals surface area contributed by atoms with Crippen LogP contribution in [-0.4, -0.2) is 46.7 Å². The van der Waals surface area contributed by atoms with Crippen LogP contribution in [-0.2, 0) is 12.3 Å². The van der Waals surface area contributed by atoms with Crippen molar-refractivity contribution in [3.8, 4) is 5.69 Å². The van der Waals surface area contributed by atoms with Gasteiger partial charge in [0, 0.05) is 24.7 Å². The van der Waals surface area contributed by atoms with Crippen LogP contribution in [0.15, 0.2) is 65.7 Å². The van der Waals surface area contributed by atoms with Crippen molar-refractivity contribution in [2.75, 3.05) is 11.9 Å². The molecule has 12 heteroatoms. The number of fused-ring (bicyclic) bond motifs is 1. The number of pyridine rings is 3. The molecule has 0 atom stereocenters. The molecule has 5 aromatic rings. The van der Waals surface area contributed by atoms with E-state index < -0.39 is 12.5 Å². The van der Waals surface area contributed by atoms with Gasteiger partial charge in [0.05, 0.1) is 24.3 Å². The number of aromatic nitrogens is 8. The minimum Gasteiger partial charge on any atom is -0.440 e. The first-order chi connectivity index (χ1) is 15.6. The molecule has 5 heterocycles. The smallest absolute Gasteiger partial charge is 0.306 e. The topological polar surface area (TPSA) is 120 Å². The SMILES string of the molecule is FC(F)(CNc1nccc2oc(Cc3ncccc3-n3cnnn3)nc12)c1ccccn1. The third kappa shape index (κ3) is 3.85. The molecule has 0 aliphatic carbocycles. The lowest BCUT2D eigenvalue weighted by molar-refractivity contribution is 0.00594. The van der Waals surface area contributed by atoms with Crippen LogP contribution in [0.4, 0.5) is 14.6 Å². The highest BCUT2D eigenvalue weighted by Gasteiger charge is 2.33. The standard InChI is InChI=1S/C20H15F2N9O/c21-20(22,16-5-1-2-7-24-16)11-26-19-18-15(6-9-25-19)32-17(28-18)10-13-14(4-3-8-23-13)31-12-27-29-30-31/h1-9,12H,10-11H2,(H,25,26). The molecule has 160 valence electrons. The van der Waals surface area contributed by atoms with Crippen molar-refractivity contribution in [3.05, 3.63) is 78.6 Å². The molecule has 10 nitrogen and oxygen atoms in total. The number of nitrogens with one attached hydrogen (secondary N) is 1. The number of oxazole rings is 1. The van der Waals surface area contributed by atoms with Crippen molar-refractivity contribution < 1.29 is 13.2 Å². The Morgan fingerprint density at radius 2 is 1.91 bits per heavy atom. The maximum Gasteiger partial charge on any atom is 0.306 e. The first-order valence-electron chi connectivity index (χ1n) is 9.55. The monoisotopic (exact) mass is 435 g/mol. The van der Waals surface area contributed by atoms with E-state index >= 15 is 0 Å². The van der Waals surface area contributed by atoms with Crippen LogP contribution in [0.2, 0.25) is 0 Å². The van der Waals surface area contributed by atoms with Crippen LogP contribution in [0.1, 0.15) is 17.3 Å². The van der Waals surface area contributed by atoms with Gasteiger partial charge in [-0.3, -0.25) is 9.97 Å². The summed E-state index contributed by atoms with van der Waals surface area (Å²) in [6.45, 7) is -0.692. The fourth-order valence-corrected chi connectivity index (χ4v) is 3.16. The summed E-state index contributed by atoms with van der Waals surface area (Å²) in [4.78, 5) is 16.7. The first kappa shape index (κ1) is 19.6. The van der Waals surface area contributed by atoms with Gasteiger partial charge < -0.3 is 9.73 Å². The van der Waals surface area contributed by atoms with Gasteiger partial charge in [0.25, 0.3) is 0 Å². The molecule has 0 radical (unpaired) electrons. The van der Waals surface area contributed by atoms with Gasteiger partial charge in [-0.25, -0.2) is 9.97 Å². The Bertz CT molecular complexity index is 1340. The highest BCUT2D eigenvalue weighted by atomic mass is 19.3. The molecule has 0 spiro atoms. The molecule has 0 aliphatic heterocycles. The zero-order chi connectivity index (χ0) is 22.0. The van der Waals surface area contributed by atoms with E-state index in [-0.39, 0.29) is 17.9 Å². The van der Waals surface area contributed by atoms with Crippen molar-refractivity contribution in [1.82, 2.24) is 40.1 Å². The lowest BCUT2D eigenvalue weighted by Gasteiger charge is -2.16. The van der Waals surface area contributed by atoms with E-state index in [4.69, 9.17) is 4.42 Å². The van der Waals surface area contributed by atoms with E-state index in [1.807, 2.05) is 6.07 Å². The number of alkyl halides is 2. The van der Waals surface area contributed by atoms with Gasteiger partial charge in [-0.05, 0) is 34.7 Å². The summed E-state index contributed by atoms with van der Waals surface area (Å²) in [5.41, 5.74) is 1.74. The average Bonchev–Trinajstić information content (AvgIpc) is 3.49. The lowest BCUT2D eigenvalue weighted by atomic mass is 10.2. The van der Waals surface area contributed by atoms with Crippen molar-refractivity contribution in [3.63, 3.8) is 0 Å². The summed E-state index contributed by atoms with van der Waals surface area (Å²) in [6, 6.07) is 9.57. The van der Waals surface area contributed by atoms with E-state index in [1.54, 1.807) is 24.4 Å². The molecule has 0 aromatic carbocycles. The van der Waals surface area contributed by atoms with Crippen LogP contribution in [0, 0.1) is 0 Å². The molecule has 0 bridgehead atoms. The third-order valence-corrected chi connectivity index (χ3v) is 4.65.